The molecule has 1 heterocycles. The van der Waals surface area contributed by atoms with Gasteiger partial charge in [0.15, 0.2) is 0 Å². The first-order valence-corrected chi connectivity index (χ1v) is 10.3. The summed E-state index contributed by atoms with van der Waals surface area (Å²) >= 11 is 3.45. The van der Waals surface area contributed by atoms with E-state index in [2.05, 4.69) is 40.4 Å². The Hall–Kier alpha value is -1.56. The van der Waals surface area contributed by atoms with Crippen LogP contribution in [0.5, 0.6) is 0 Å². The number of rotatable bonds is 6. The molecule has 1 aromatic carbocycles. The van der Waals surface area contributed by atoms with E-state index in [1.165, 1.54) is 0 Å². The molecule has 5 nitrogen and oxygen atoms in total. The van der Waals surface area contributed by atoms with Crippen LogP contribution in [0.25, 0.3) is 0 Å². The summed E-state index contributed by atoms with van der Waals surface area (Å²) in [5, 5.41) is 6.04. The minimum atomic E-state index is -0.151. The molecule has 0 bridgehead atoms. The summed E-state index contributed by atoms with van der Waals surface area (Å²) in [5.41, 5.74) is 1.06. The van der Waals surface area contributed by atoms with E-state index in [0.717, 1.165) is 48.8 Å². The van der Waals surface area contributed by atoms with E-state index in [4.69, 9.17) is 0 Å². The van der Waals surface area contributed by atoms with E-state index in [9.17, 15) is 9.59 Å². The van der Waals surface area contributed by atoms with Crippen molar-refractivity contribution in [2.24, 2.45) is 5.92 Å². The number of hydrogen-bond acceptors (Lipinski definition) is 2. The Morgan fingerprint density at radius 1 is 1.23 bits per heavy atom. The number of halogens is 1. The van der Waals surface area contributed by atoms with Crippen LogP contribution < -0.4 is 10.6 Å². The highest BCUT2D eigenvalue weighted by atomic mass is 79.9. The van der Waals surface area contributed by atoms with Gasteiger partial charge >= 0.3 is 6.03 Å². The Bertz CT molecular complexity index is 611. The highest BCUT2D eigenvalue weighted by Gasteiger charge is 2.27. The van der Waals surface area contributed by atoms with Gasteiger partial charge in [-0.15, -0.1) is 0 Å². The van der Waals surface area contributed by atoms with Gasteiger partial charge < -0.3 is 15.5 Å². The fourth-order valence-electron chi connectivity index (χ4n) is 3.42. The minimum absolute atomic E-state index is 0.0657. The molecule has 0 radical (unpaired) electrons. The van der Waals surface area contributed by atoms with Gasteiger partial charge in [-0.25, -0.2) is 4.79 Å². The van der Waals surface area contributed by atoms with Gasteiger partial charge in [-0.2, -0.15) is 0 Å². The van der Waals surface area contributed by atoms with Crippen molar-refractivity contribution in [3.05, 3.63) is 34.3 Å². The summed E-state index contributed by atoms with van der Waals surface area (Å²) in [4.78, 5) is 26.7. The maximum absolute atomic E-state index is 12.4. The molecule has 2 N–H and O–H groups in total. The van der Waals surface area contributed by atoms with Crippen molar-refractivity contribution in [2.45, 2.75) is 58.5 Å². The number of carbonyl (C=O) groups excluding carboxylic acids is 2. The van der Waals surface area contributed by atoms with E-state index >= 15 is 0 Å². The maximum atomic E-state index is 12.4. The molecule has 0 aromatic heterocycles. The lowest BCUT2D eigenvalue weighted by Crippen LogP contribution is -2.50. The normalized spacial score (nSPS) is 16.4. The number of carbonyl (C=O) groups is 2. The lowest BCUT2D eigenvalue weighted by molar-refractivity contribution is -0.136. The number of nitrogens with zero attached hydrogens (tertiary/aromatic N) is 1. The molecule has 1 aliphatic heterocycles. The van der Waals surface area contributed by atoms with E-state index in [1.807, 2.05) is 36.1 Å². The average Bonchev–Trinajstić information content (AvgIpc) is 2.63. The molecule has 2 rings (SSSR count). The first-order valence-electron chi connectivity index (χ1n) is 9.55. The standard InChI is InChI=1S/C20H30BrN3O2/c1-4-15(5-2)19(25)24-11-9-18(10-12-24)23-20(26)22-14(3)16-7-6-8-17(21)13-16/h6-8,13-15,18H,4-5,9-12H2,1-3H3,(H2,22,23,26). The monoisotopic (exact) mass is 423 g/mol. The van der Waals surface area contributed by atoms with Gasteiger partial charge in [0.25, 0.3) is 0 Å². The van der Waals surface area contributed by atoms with Crippen LogP contribution in [0.2, 0.25) is 0 Å². The van der Waals surface area contributed by atoms with Crippen LogP contribution in [0, 0.1) is 5.92 Å². The lowest BCUT2D eigenvalue weighted by Gasteiger charge is -2.34. The molecule has 3 amide bonds. The van der Waals surface area contributed by atoms with Gasteiger partial charge in [0, 0.05) is 29.5 Å². The van der Waals surface area contributed by atoms with Gasteiger partial charge in [0.05, 0.1) is 6.04 Å². The fourth-order valence-corrected chi connectivity index (χ4v) is 3.84. The molecule has 6 heteroatoms. The van der Waals surface area contributed by atoms with E-state index in [1.54, 1.807) is 0 Å². The van der Waals surface area contributed by atoms with Crippen molar-refractivity contribution in [3.63, 3.8) is 0 Å². The highest BCUT2D eigenvalue weighted by molar-refractivity contribution is 9.10. The third kappa shape index (κ3) is 5.73. The summed E-state index contributed by atoms with van der Waals surface area (Å²) in [6.45, 7) is 7.55. The predicted molar refractivity (Wildman–Crippen MR) is 108 cm³/mol. The minimum Gasteiger partial charge on any atom is -0.342 e. The lowest BCUT2D eigenvalue weighted by atomic mass is 9.98. The highest BCUT2D eigenvalue weighted by Crippen LogP contribution is 2.19. The molecule has 1 saturated heterocycles. The Balaban J connectivity index is 1.78. The Kier molecular flexibility index (Phi) is 7.94. The average molecular weight is 424 g/mol. The topological polar surface area (TPSA) is 61.4 Å². The second-order valence-electron chi connectivity index (χ2n) is 7.01. The molecule has 0 spiro atoms. The summed E-state index contributed by atoms with van der Waals surface area (Å²) in [6.07, 6.45) is 3.40. The number of hydrogen-bond donors (Lipinski definition) is 2. The molecule has 1 aliphatic rings. The molecule has 144 valence electrons. The fraction of sp³-hybridized carbons (Fsp3) is 0.600. The van der Waals surface area contributed by atoms with Crippen molar-refractivity contribution < 1.29 is 9.59 Å². The largest absolute Gasteiger partial charge is 0.342 e. The second kappa shape index (κ2) is 9.95. The first kappa shape index (κ1) is 20.7. The summed E-state index contributed by atoms with van der Waals surface area (Å²) in [7, 11) is 0. The van der Waals surface area contributed by atoms with E-state index in [-0.39, 0.29) is 29.9 Å². The Morgan fingerprint density at radius 3 is 2.46 bits per heavy atom. The van der Waals surface area contributed by atoms with Crippen LogP contribution in [0.4, 0.5) is 4.79 Å². The predicted octanol–water partition coefficient (Wildman–Crippen LogP) is 4.24. The molecule has 1 atom stereocenters. The summed E-state index contributed by atoms with van der Waals surface area (Å²) in [6, 6.07) is 7.83. The van der Waals surface area contributed by atoms with Crippen molar-refractivity contribution in [3.8, 4) is 0 Å². The molecule has 1 fully saturated rings. The van der Waals surface area contributed by atoms with Gasteiger partial charge in [-0.1, -0.05) is 41.9 Å². The summed E-state index contributed by atoms with van der Waals surface area (Å²) in [5.74, 6) is 0.398. The van der Waals surface area contributed by atoms with E-state index < -0.39 is 0 Å². The van der Waals surface area contributed by atoms with Gasteiger partial charge in [-0.05, 0) is 50.3 Å². The number of piperidine rings is 1. The van der Waals surface area contributed by atoms with E-state index in [0.29, 0.717) is 0 Å². The zero-order valence-corrected chi connectivity index (χ0v) is 17.5. The molecule has 0 saturated carbocycles. The number of nitrogens with one attached hydrogen (secondary N) is 2. The van der Waals surface area contributed by atoms with Crippen LogP contribution in [0.3, 0.4) is 0 Å². The quantitative estimate of drug-likeness (QED) is 0.718. The smallest absolute Gasteiger partial charge is 0.315 e. The first-order chi connectivity index (χ1) is 12.4. The number of amides is 3. The van der Waals surface area contributed by atoms with Crippen LogP contribution in [-0.2, 0) is 4.79 Å². The molecular formula is C20H30BrN3O2. The Morgan fingerprint density at radius 2 is 1.88 bits per heavy atom. The van der Waals surface area contributed by atoms with Crippen molar-refractivity contribution >= 4 is 27.9 Å². The Labute approximate surface area is 165 Å². The number of urea groups is 1. The van der Waals surface area contributed by atoms with Crippen LogP contribution in [-0.4, -0.2) is 36.0 Å². The van der Waals surface area contributed by atoms with Crippen LogP contribution in [0.1, 0.15) is 58.1 Å². The van der Waals surface area contributed by atoms with Gasteiger partial charge in [0.1, 0.15) is 0 Å². The second-order valence-corrected chi connectivity index (χ2v) is 7.92. The zero-order chi connectivity index (χ0) is 19.1. The summed E-state index contributed by atoms with van der Waals surface area (Å²) < 4.78 is 0.999. The molecule has 26 heavy (non-hydrogen) atoms. The molecule has 1 aromatic rings. The molecular weight excluding hydrogens is 394 g/mol. The van der Waals surface area contributed by atoms with Gasteiger partial charge in [-0.3, -0.25) is 4.79 Å². The van der Waals surface area contributed by atoms with Crippen molar-refractivity contribution in [1.29, 1.82) is 0 Å². The number of likely N-dealkylation sites (tertiary alicyclic amines) is 1. The van der Waals surface area contributed by atoms with Crippen LogP contribution >= 0.6 is 15.9 Å². The number of benzene rings is 1. The van der Waals surface area contributed by atoms with Gasteiger partial charge in [0.2, 0.25) is 5.91 Å². The van der Waals surface area contributed by atoms with Crippen molar-refractivity contribution in [1.82, 2.24) is 15.5 Å². The third-order valence-electron chi connectivity index (χ3n) is 5.17. The van der Waals surface area contributed by atoms with Crippen molar-refractivity contribution in [2.75, 3.05) is 13.1 Å². The zero-order valence-electron chi connectivity index (χ0n) is 15.9. The third-order valence-corrected chi connectivity index (χ3v) is 5.67. The molecule has 1 unspecified atom stereocenters. The SMILES string of the molecule is CCC(CC)C(=O)N1CCC(NC(=O)NC(C)c2cccc(Br)c2)CC1. The van der Waals surface area contributed by atoms with Crippen LogP contribution in [0.15, 0.2) is 28.7 Å². The molecule has 0 aliphatic carbocycles. The maximum Gasteiger partial charge on any atom is 0.315 e.